The molecular formula is C13H18BrClFN. The van der Waals surface area contributed by atoms with E-state index in [1.165, 1.54) is 6.07 Å². The highest BCUT2D eigenvalue weighted by molar-refractivity contribution is 9.10. The van der Waals surface area contributed by atoms with Gasteiger partial charge < -0.3 is 5.32 Å². The van der Waals surface area contributed by atoms with Crippen molar-refractivity contribution in [2.45, 2.75) is 26.2 Å². The Morgan fingerprint density at radius 1 is 1.41 bits per heavy atom. The van der Waals surface area contributed by atoms with Crippen LogP contribution < -0.4 is 5.32 Å². The predicted octanol–water partition coefficient (Wildman–Crippen LogP) is 4.42. The quantitative estimate of drug-likeness (QED) is 0.765. The van der Waals surface area contributed by atoms with Gasteiger partial charge in [0.05, 0.1) is 5.02 Å². The van der Waals surface area contributed by atoms with Crippen LogP contribution in [0.4, 0.5) is 4.39 Å². The topological polar surface area (TPSA) is 12.0 Å². The molecule has 96 valence electrons. The van der Waals surface area contributed by atoms with Crippen LogP contribution in [0.1, 0.15) is 25.3 Å². The number of hydrogen-bond acceptors (Lipinski definition) is 1. The normalized spacial score (nSPS) is 12.8. The van der Waals surface area contributed by atoms with Gasteiger partial charge in [-0.05, 0) is 72.4 Å². The highest BCUT2D eigenvalue weighted by atomic mass is 79.9. The number of halogens is 3. The Kier molecular flexibility index (Phi) is 6.45. The van der Waals surface area contributed by atoms with E-state index < -0.39 is 0 Å². The molecule has 1 rings (SSSR count). The number of benzene rings is 1. The van der Waals surface area contributed by atoms with Gasteiger partial charge in [0, 0.05) is 4.47 Å². The molecule has 0 amide bonds. The molecule has 0 aliphatic carbocycles. The standard InChI is InChI=1S/C13H18BrClFN/c1-9(5-6-17-2)3-4-10-7-12(15)11(14)8-13(10)16/h7-9,17H,3-6H2,1-2H3. The lowest BCUT2D eigenvalue weighted by atomic mass is 9.98. The lowest BCUT2D eigenvalue weighted by Crippen LogP contribution is -2.12. The Labute approximate surface area is 116 Å². The van der Waals surface area contributed by atoms with Gasteiger partial charge in [0.1, 0.15) is 5.82 Å². The van der Waals surface area contributed by atoms with E-state index in [9.17, 15) is 4.39 Å². The molecule has 17 heavy (non-hydrogen) atoms. The zero-order valence-corrected chi connectivity index (χ0v) is 12.5. The van der Waals surface area contributed by atoms with Gasteiger partial charge in [0.25, 0.3) is 0 Å². The summed E-state index contributed by atoms with van der Waals surface area (Å²) in [7, 11) is 1.95. The van der Waals surface area contributed by atoms with Crippen LogP contribution in [-0.2, 0) is 6.42 Å². The molecule has 0 saturated carbocycles. The summed E-state index contributed by atoms with van der Waals surface area (Å²) < 4.78 is 14.2. The average Bonchev–Trinajstić information content (AvgIpc) is 2.29. The molecule has 1 unspecified atom stereocenters. The minimum absolute atomic E-state index is 0.179. The first-order chi connectivity index (χ1) is 8.04. The van der Waals surface area contributed by atoms with Gasteiger partial charge in [-0.2, -0.15) is 0 Å². The number of aryl methyl sites for hydroxylation is 1. The summed E-state index contributed by atoms with van der Waals surface area (Å²) in [5, 5.41) is 3.70. The van der Waals surface area contributed by atoms with Crippen LogP contribution in [0.2, 0.25) is 5.02 Å². The molecule has 0 aromatic heterocycles. The third-order valence-corrected chi connectivity index (χ3v) is 4.08. The number of rotatable bonds is 6. The van der Waals surface area contributed by atoms with Gasteiger partial charge >= 0.3 is 0 Å². The fourth-order valence-electron chi connectivity index (χ4n) is 1.69. The Balaban J connectivity index is 2.54. The van der Waals surface area contributed by atoms with Gasteiger partial charge in [0.15, 0.2) is 0 Å². The monoisotopic (exact) mass is 321 g/mol. The summed E-state index contributed by atoms with van der Waals surface area (Å²) in [5.74, 6) is 0.409. The minimum atomic E-state index is -0.179. The first-order valence-electron chi connectivity index (χ1n) is 5.82. The van der Waals surface area contributed by atoms with E-state index in [2.05, 4.69) is 28.2 Å². The van der Waals surface area contributed by atoms with Crippen molar-refractivity contribution in [1.29, 1.82) is 0 Å². The molecule has 0 aliphatic rings. The fraction of sp³-hybridized carbons (Fsp3) is 0.538. The molecule has 0 spiro atoms. The molecule has 1 aromatic carbocycles. The summed E-state index contributed by atoms with van der Waals surface area (Å²) in [6, 6.07) is 3.15. The van der Waals surface area contributed by atoms with Crippen molar-refractivity contribution in [3.8, 4) is 0 Å². The number of hydrogen-bond donors (Lipinski definition) is 1. The summed E-state index contributed by atoms with van der Waals surface area (Å²) in [5.41, 5.74) is 0.703. The molecule has 4 heteroatoms. The van der Waals surface area contributed by atoms with Gasteiger partial charge in [-0.15, -0.1) is 0 Å². The molecule has 1 atom stereocenters. The first-order valence-corrected chi connectivity index (χ1v) is 6.99. The zero-order chi connectivity index (χ0) is 12.8. The Hall–Kier alpha value is -0.120. The van der Waals surface area contributed by atoms with E-state index in [0.717, 1.165) is 25.8 Å². The smallest absolute Gasteiger partial charge is 0.127 e. The second kappa shape index (κ2) is 7.34. The van der Waals surface area contributed by atoms with Crippen LogP contribution in [-0.4, -0.2) is 13.6 Å². The van der Waals surface area contributed by atoms with Gasteiger partial charge in [-0.3, -0.25) is 0 Å². The summed E-state index contributed by atoms with van der Waals surface area (Å²) in [4.78, 5) is 0. The lowest BCUT2D eigenvalue weighted by molar-refractivity contribution is 0.476. The van der Waals surface area contributed by atoms with Gasteiger partial charge in [0.2, 0.25) is 0 Å². The van der Waals surface area contributed by atoms with E-state index in [1.54, 1.807) is 6.07 Å². The lowest BCUT2D eigenvalue weighted by Gasteiger charge is -2.11. The van der Waals surface area contributed by atoms with Gasteiger partial charge in [-0.1, -0.05) is 18.5 Å². The van der Waals surface area contributed by atoms with E-state index >= 15 is 0 Å². The molecule has 0 bridgehead atoms. The second-order valence-corrected chi connectivity index (χ2v) is 5.66. The van der Waals surface area contributed by atoms with Crippen molar-refractivity contribution in [3.05, 3.63) is 33.0 Å². The average molecular weight is 323 g/mol. The third-order valence-electron chi connectivity index (χ3n) is 2.88. The van der Waals surface area contributed by atoms with Crippen LogP contribution >= 0.6 is 27.5 Å². The van der Waals surface area contributed by atoms with Crippen molar-refractivity contribution < 1.29 is 4.39 Å². The van der Waals surface area contributed by atoms with Crippen LogP contribution in [0, 0.1) is 11.7 Å². The molecule has 0 fully saturated rings. The molecule has 1 N–H and O–H groups in total. The molecule has 0 aliphatic heterocycles. The van der Waals surface area contributed by atoms with Crippen molar-refractivity contribution in [3.63, 3.8) is 0 Å². The molecule has 0 saturated heterocycles. The molecule has 0 heterocycles. The molecule has 0 radical (unpaired) electrons. The van der Waals surface area contributed by atoms with Gasteiger partial charge in [-0.25, -0.2) is 4.39 Å². The molecular weight excluding hydrogens is 305 g/mol. The van der Waals surface area contributed by atoms with Crippen molar-refractivity contribution in [2.75, 3.05) is 13.6 Å². The van der Waals surface area contributed by atoms with E-state index in [4.69, 9.17) is 11.6 Å². The maximum Gasteiger partial charge on any atom is 0.127 e. The SMILES string of the molecule is CNCCC(C)CCc1cc(Cl)c(Br)cc1F. The Bertz CT molecular complexity index is 371. The van der Waals surface area contributed by atoms with Crippen LogP contribution in [0.3, 0.4) is 0 Å². The number of nitrogens with one attached hydrogen (secondary N) is 1. The zero-order valence-electron chi connectivity index (χ0n) is 10.2. The third kappa shape index (κ3) is 4.94. The van der Waals surface area contributed by atoms with E-state index in [-0.39, 0.29) is 5.82 Å². The van der Waals surface area contributed by atoms with Crippen LogP contribution in [0.25, 0.3) is 0 Å². The second-order valence-electron chi connectivity index (χ2n) is 4.39. The van der Waals surface area contributed by atoms with Crippen LogP contribution in [0.15, 0.2) is 16.6 Å². The highest BCUT2D eigenvalue weighted by Gasteiger charge is 2.09. The summed E-state index contributed by atoms with van der Waals surface area (Å²) in [6.45, 7) is 3.19. The van der Waals surface area contributed by atoms with E-state index in [0.29, 0.717) is 21.0 Å². The van der Waals surface area contributed by atoms with Crippen molar-refractivity contribution in [2.24, 2.45) is 5.92 Å². The predicted molar refractivity (Wildman–Crippen MR) is 75.1 cm³/mol. The summed E-state index contributed by atoms with van der Waals surface area (Å²) >= 11 is 9.18. The highest BCUT2D eigenvalue weighted by Crippen LogP contribution is 2.27. The maximum absolute atomic E-state index is 13.6. The first kappa shape index (κ1) is 14.9. The molecule has 1 nitrogen and oxygen atoms in total. The summed E-state index contributed by atoms with van der Waals surface area (Å²) in [6.07, 6.45) is 2.84. The Morgan fingerprint density at radius 3 is 2.76 bits per heavy atom. The van der Waals surface area contributed by atoms with Crippen LogP contribution in [0.5, 0.6) is 0 Å². The molecule has 1 aromatic rings. The van der Waals surface area contributed by atoms with Crippen molar-refractivity contribution in [1.82, 2.24) is 5.32 Å². The fourth-order valence-corrected chi connectivity index (χ4v) is 2.19. The minimum Gasteiger partial charge on any atom is -0.320 e. The maximum atomic E-state index is 13.6. The Morgan fingerprint density at radius 2 is 2.12 bits per heavy atom. The largest absolute Gasteiger partial charge is 0.320 e. The van der Waals surface area contributed by atoms with Crippen molar-refractivity contribution >= 4 is 27.5 Å². The van der Waals surface area contributed by atoms with E-state index in [1.807, 2.05) is 7.05 Å².